The van der Waals surface area contributed by atoms with Gasteiger partial charge in [0.25, 0.3) is 10.0 Å². The van der Waals surface area contributed by atoms with Gasteiger partial charge in [-0.2, -0.15) is 13.2 Å². The molecular weight excluding hydrogens is 433 g/mol. The number of nitrogens with zero attached hydrogens (tertiary/aromatic N) is 1. The molecule has 0 bridgehead atoms. The van der Waals surface area contributed by atoms with Crippen LogP contribution in [0.3, 0.4) is 0 Å². The molecule has 0 saturated heterocycles. The molecule has 0 spiro atoms. The molecule has 2 N–H and O–H groups in total. The van der Waals surface area contributed by atoms with Crippen molar-refractivity contribution in [2.24, 2.45) is 5.41 Å². The van der Waals surface area contributed by atoms with Crippen LogP contribution in [-0.4, -0.2) is 24.1 Å². The topological polar surface area (TPSA) is 88.4 Å². The van der Waals surface area contributed by atoms with Crippen LogP contribution in [0.2, 0.25) is 0 Å². The van der Waals surface area contributed by atoms with Crippen molar-refractivity contribution in [2.75, 3.05) is 4.72 Å². The van der Waals surface area contributed by atoms with E-state index in [4.69, 9.17) is 0 Å². The van der Waals surface area contributed by atoms with Crippen molar-refractivity contribution in [3.05, 3.63) is 60.3 Å². The number of benzene rings is 2. The predicted octanol–water partition coefficient (Wildman–Crippen LogP) is 5.13. The molecule has 3 rings (SSSR count). The Kier molecular flexibility index (Phi) is 5.56. The summed E-state index contributed by atoms with van der Waals surface area (Å²) >= 11 is 0. The monoisotopic (exact) mass is 454 g/mol. The van der Waals surface area contributed by atoms with Gasteiger partial charge in [0.1, 0.15) is 6.04 Å². The Hall–Kier alpha value is -3.01. The first-order valence-electron chi connectivity index (χ1n) is 9.24. The summed E-state index contributed by atoms with van der Waals surface area (Å²) in [5, 5.41) is 10.4. The van der Waals surface area contributed by atoms with E-state index in [1.807, 2.05) is 0 Å². The molecule has 1 unspecified atom stereocenters. The van der Waals surface area contributed by atoms with E-state index in [2.05, 4.69) is 4.72 Å². The molecule has 0 saturated carbocycles. The lowest BCUT2D eigenvalue weighted by molar-refractivity contribution is -0.144. The van der Waals surface area contributed by atoms with Crippen LogP contribution in [0.5, 0.6) is 0 Å². The number of hydrogen-bond acceptors (Lipinski definition) is 3. The summed E-state index contributed by atoms with van der Waals surface area (Å²) in [6.45, 7) is 5.29. The highest BCUT2D eigenvalue weighted by Gasteiger charge is 2.37. The number of carboxylic acid groups (broad SMARTS) is 1. The van der Waals surface area contributed by atoms with E-state index in [-0.39, 0.29) is 5.69 Å². The Morgan fingerprint density at radius 3 is 2.29 bits per heavy atom. The van der Waals surface area contributed by atoms with Crippen molar-refractivity contribution < 1.29 is 31.5 Å². The van der Waals surface area contributed by atoms with Crippen molar-refractivity contribution >= 4 is 32.6 Å². The zero-order chi connectivity index (χ0) is 23.2. The molecule has 31 heavy (non-hydrogen) atoms. The summed E-state index contributed by atoms with van der Waals surface area (Å²) in [5.74, 6) is -1.06. The van der Waals surface area contributed by atoms with E-state index in [9.17, 15) is 31.5 Å². The third-order valence-electron chi connectivity index (χ3n) is 4.79. The number of nitrogens with one attached hydrogen (secondary N) is 1. The smallest absolute Gasteiger partial charge is 0.417 e. The van der Waals surface area contributed by atoms with Gasteiger partial charge in [0, 0.05) is 6.20 Å². The number of aromatic nitrogens is 1. The second-order valence-electron chi connectivity index (χ2n) is 8.20. The molecule has 1 heterocycles. The molecule has 10 heteroatoms. The Bertz CT molecular complexity index is 1240. The van der Waals surface area contributed by atoms with E-state index >= 15 is 0 Å². The first kappa shape index (κ1) is 22.7. The Labute approximate surface area is 177 Å². The fraction of sp³-hybridized carbons (Fsp3) is 0.286. The number of halogens is 3. The number of carbonyl (C=O) groups is 1. The maximum atomic E-state index is 13.3. The van der Waals surface area contributed by atoms with Crippen LogP contribution in [0.15, 0.2) is 59.6 Å². The standard InChI is InChI=1S/C21H21F3N2O4S/c1-20(2,3)18(19(27)28)26-11-10-13-8-9-14(12-16(13)26)25-31(29,30)17-7-5-4-6-15(17)21(22,23)24/h4-12,18,25H,1-3H3,(H,27,28). The molecule has 166 valence electrons. The largest absolute Gasteiger partial charge is 0.480 e. The van der Waals surface area contributed by atoms with Crippen molar-refractivity contribution in [3.8, 4) is 0 Å². The summed E-state index contributed by atoms with van der Waals surface area (Å²) in [5.41, 5.74) is -1.47. The Morgan fingerprint density at radius 1 is 1.06 bits per heavy atom. The van der Waals surface area contributed by atoms with Crippen molar-refractivity contribution in [1.82, 2.24) is 4.57 Å². The van der Waals surface area contributed by atoms with E-state index < -0.39 is 44.1 Å². The fourth-order valence-electron chi connectivity index (χ4n) is 3.49. The quantitative estimate of drug-likeness (QED) is 0.559. The number of rotatable bonds is 5. The fourth-order valence-corrected chi connectivity index (χ4v) is 4.77. The van der Waals surface area contributed by atoms with Crippen LogP contribution < -0.4 is 4.72 Å². The molecule has 3 aromatic rings. The second-order valence-corrected chi connectivity index (χ2v) is 9.85. The van der Waals surface area contributed by atoms with Gasteiger partial charge in [0.05, 0.1) is 21.7 Å². The van der Waals surface area contributed by atoms with Gasteiger partial charge >= 0.3 is 12.1 Å². The third-order valence-corrected chi connectivity index (χ3v) is 6.23. The second kappa shape index (κ2) is 7.60. The lowest BCUT2D eigenvalue weighted by atomic mass is 9.86. The summed E-state index contributed by atoms with van der Waals surface area (Å²) in [4.78, 5) is 11.0. The summed E-state index contributed by atoms with van der Waals surface area (Å²) in [6.07, 6.45) is -3.25. The number of sulfonamides is 1. The molecule has 1 atom stereocenters. The van der Waals surface area contributed by atoms with Crippen molar-refractivity contribution in [3.63, 3.8) is 0 Å². The van der Waals surface area contributed by atoms with Gasteiger partial charge in [0.2, 0.25) is 0 Å². The number of carboxylic acids is 1. The van der Waals surface area contributed by atoms with Gasteiger partial charge in [-0.05, 0) is 41.1 Å². The van der Waals surface area contributed by atoms with Crippen molar-refractivity contribution in [2.45, 2.75) is 37.9 Å². The van der Waals surface area contributed by atoms with E-state index in [0.717, 1.165) is 12.1 Å². The van der Waals surface area contributed by atoms with Crippen LogP contribution in [0.4, 0.5) is 18.9 Å². The van der Waals surface area contributed by atoms with Crippen LogP contribution in [0.25, 0.3) is 10.9 Å². The number of aliphatic carboxylic acids is 1. The van der Waals surface area contributed by atoms with Crippen LogP contribution in [-0.2, 0) is 21.0 Å². The molecule has 0 aliphatic heterocycles. The molecule has 0 aliphatic rings. The predicted molar refractivity (Wildman–Crippen MR) is 110 cm³/mol. The molecular formula is C21H21F3N2O4S. The lowest BCUT2D eigenvalue weighted by Crippen LogP contribution is -2.31. The van der Waals surface area contributed by atoms with Crippen LogP contribution >= 0.6 is 0 Å². The highest BCUT2D eigenvalue weighted by molar-refractivity contribution is 7.92. The van der Waals surface area contributed by atoms with E-state index in [1.54, 1.807) is 39.1 Å². The molecule has 0 fully saturated rings. The van der Waals surface area contributed by atoms with Crippen LogP contribution in [0, 0.1) is 5.41 Å². The van der Waals surface area contributed by atoms with Gasteiger partial charge in [-0.15, -0.1) is 0 Å². The highest BCUT2D eigenvalue weighted by atomic mass is 32.2. The first-order valence-corrected chi connectivity index (χ1v) is 10.7. The maximum absolute atomic E-state index is 13.3. The highest BCUT2D eigenvalue weighted by Crippen LogP contribution is 2.36. The molecule has 1 aromatic heterocycles. The normalized spacial score (nSPS) is 13.9. The van der Waals surface area contributed by atoms with Crippen LogP contribution in [0.1, 0.15) is 32.4 Å². The number of alkyl halides is 3. The van der Waals surface area contributed by atoms with Gasteiger partial charge < -0.3 is 9.67 Å². The number of anilines is 1. The van der Waals surface area contributed by atoms with Gasteiger partial charge in [-0.3, -0.25) is 4.72 Å². The van der Waals surface area contributed by atoms with Crippen molar-refractivity contribution in [1.29, 1.82) is 0 Å². The molecule has 2 aromatic carbocycles. The zero-order valence-corrected chi connectivity index (χ0v) is 17.8. The SMILES string of the molecule is CC(C)(C)C(C(=O)O)n1ccc2ccc(NS(=O)(=O)c3ccccc3C(F)(F)F)cc21. The number of fused-ring (bicyclic) bond motifs is 1. The van der Waals surface area contributed by atoms with Gasteiger partial charge in [-0.1, -0.05) is 39.0 Å². The molecule has 0 aliphatic carbocycles. The Morgan fingerprint density at radius 2 is 1.71 bits per heavy atom. The Balaban J connectivity index is 2.07. The van der Waals surface area contributed by atoms with E-state index in [1.165, 1.54) is 22.8 Å². The minimum atomic E-state index is -4.84. The average Bonchev–Trinajstić information content (AvgIpc) is 3.02. The van der Waals surface area contributed by atoms with Gasteiger partial charge in [-0.25, -0.2) is 13.2 Å². The average molecular weight is 454 g/mol. The molecule has 6 nitrogen and oxygen atoms in total. The molecule has 0 amide bonds. The maximum Gasteiger partial charge on any atom is 0.417 e. The van der Waals surface area contributed by atoms with E-state index in [0.29, 0.717) is 17.0 Å². The summed E-state index contributed by atoms with van der Waals surface area (Å²) < 4.78 is 68.9. The summed E-state index contributed by atoms with van der Waals surface area (Å²) in [6, 6.07) is 9.03. The van der Waals surface area contributed by atoms with Gasteiger partial charge in [0.15, 0.2) is 0 Å². The third kappa shape index (κ3) is 4.53. The first-order chi connectivity index (χ1) is 14.2. The minimum absolute atomic E-state index is 0.0162. The zero-order valence-electron chi connectivity index (χ0n) is 16.9. The molecule has 0 radical (unpaired) electrons. The lowest BCUT2D eigenvalue weighted by Gasteiger charge is -2.29. The number of hydrogen-bond donors (Lipinski definition) is 2. The minimum Gasteiger partial charge on any atom is -0.480 e. The summed E-state index contributed by atoms with van der Waals surface area (Å²) in [7, 11) is -4.55.